The number of hydrogen-bond acceptors (Lipinski definition) is 11. The molecule has 1 saturated heterocycles. The van der Waals surface area contributed by atoms with Crippen molar-refractivity contribution < 1.29 is 42.5 Å². The number of rotatable bonds is 20. The Morgan fingerprint density at radius 1 is 0.949 bits per heavy atom. The van der Waals surface area contributed by atoms with Crippen molar-refractivity contribution in [2.24, 2.45) is 0 Å². The lowest BCUT2D eigenvalue weighted by atomic mass is 10.0. The van der Waals surface area contributed by atoms with Gasteiger partial charge in [0.25, 0.3) is 10.1 Å². The van der Waals surface area contributed by atoms with Gasteiger partial charge in [-0.3, -0.25) is 9.12 Å². The highest BCUT2D eigenvalue weighted by molar-refractivity contribution is 8.01. The summed E-state index contributed by atoms with van der Waals surface area (Å²) in [6.07, 6.45) is -4.62. The minimum atomic E-state index is -3.98. The topological polar surface area (TPSA) is 201 Å². The fourth-order valence-electron chi connectivity index (χ4n) is 3.05. The van der Waals surface area contributed by atoms with Crippen LogP contribution in [0.4, 0.5) is 0 Å². The van der Waals surface area contributed by atoms with Gasteiger partial charge in [0.15, 0.2) is 0 Å². The van der Waals surface area contributed by atoms with Crippen LogP contribution in [-0.2, 0) is 19.2 Å². The zero-order valence-corrected chi connectivity index (χ0v) is 26.9. The van der Waals surface area contributed by atoms with E-state index >= 15 is 0 Å². The summed E-state index contributed by atoms with van der Waals surface area (Å²) < 4.78 is 49.8. The van der Waals surface area contributed by atoms with E-state index in [-0.39, 0.29) is 30.0 Å². The molecule has 39 heavy (non-hydrogen) atoms. The Morgan fingerprint density at radius 2 is 1.44 bits per heavy atom. The zero-order valence-electron chi connectivity index (χ0n) is 21.4. The SMILES string of the molecule is O=[P@]1(N(CCCl)CCCl)N[C@H](SCCS(=O)(=O)O)CCO1.O[C@@H]([C@H](O)[C@H](O)CNCCCl)[C@H](O)CNCCCl. The minimum Gasteiger partial charge on any atom is -0.389 e. The highest BCUT2D eigenvalue weighted by atomic mass is 35.5. The molecule has 13 nitrogen and oxygen atoms in total. The van der Waals surface area contributed by atoms with Gasteiger partial charge in [-0.25, -0.2) is 9.76 Å². The van der Waals surface area contributed by atoms with Gasteiger partial charge in [0, 0.05) is 68.5 Å². The minimum absolute atomic E-state index is 0.0901. The van der Waals surface area contributed by atoms with Crippen molar-refractivity contribution in [3.05, 3.63) is 0 Å². The average Bonchev–Trinajstić information content (AvgIpc) is 2.87. The van der Waals surface area contributed by atoms with E-state index in [1.165, 1.54) is 11.8 Å². The third-order valence-corrected chi connectivity index (χ3v) is 10.4. The molecule has 0 aliphatic carbocycles. The van der Waals surface area contributed by atoms with Crippen molar-refractivity contribution in [3.8, 4) is 0 Å². The van der Waals surface area contributed by atoms with E-state index in [2.05, 4.69) is 15.7 Å². The summed E-state index contributed by atoms with van der Waals surface area (Å²) in [7, 11) is -7.19. The molecular weight excluding hydrogens is 665 g/mol. The van der Waals surface area contributed by atoms with E-state index < -0.39 is 42.2 Å². The first-order chi connectivity index (χ1) is 18.3. The molecule has 1 aliphatic rings. The van der Waals surface area contributed by atoms with Crippen molar-refractivity contribution >= 4 is 76.0 Å². The van der Waals surface area contributed by atoms with E-state index in [0.717, 1.165) is 0 Å². The van der Waals surface area contributed by atoms with E-state index in [4.69, 9.17) is 55.5 Å². The second-order valence-electron chi connectivity index (χ2n) is 8.15. The molecule has 1 heterocycles. The van der Waals surface area contributed by atoms with Gasteiger partial charge in [-0.1, -0.05) is 0 Å². The Kier molecular flexibility index (Phi) is 23.5. The van der Waals surface area contributed by atoms with Gasteiger partial charge in [-0.15, -0.1) is 58.2 Å². The number of nitrogens with one attached hydrogen (secondary N) is 3. The van der Waals surface area contributed by atoms with Crippen LogP contribution in [0.2, 0.25) is 0 Å². The lowest BCUT2D eigenvalue weighted by Gasteiger charge is -2.36. The maximum absolute atomic E-state index is 12.8. The number of alkyl halides is 4. The number of nitrogens with zero attached hydrogens (tertiary/aromatic N) is 1. The molecule has 0 amide bonds. The van der Waals surface area contributed by atoms with Crippen LogP contribution in [-0.4, -0.2) is 149 Å². The highest BCUT2D eigenvalue weighted by Crippen LogP contribution is 2.50. The zero-order chi connectivity index (χ0) is 29.9. The van der Waals surface area contributed by atoms with Crippen LogP contribution in [0, 0.1) is 0 Å². The Bertz CT molecular complexity index is 759. The first kappa shape index (κ1) is 40.3. The van der Waals surface area contributed by atoms with E-state index in [9.17, 15) is 33.4 Å². The molecular formula is C19H41Cl4N4O9PS2. The van der Waals surface area contributed by atoms with Gasteiger partial charge in [0.05, 0.1) is 29.9 Å². The van der Waals surface area contributed by atoms with Crippen molar-refractivity contribution in [3.63, 3.8) is 0 Å². The first-order valence-electron chi connectivity index (χ1n) is 12.1. The molecule has 0 radical (unpaired) electrons. The molecule has 0 aromatic rings. The molecule has 0 spiro atoms. The Morgan fingerprint density at radius 3 is 1.85 bits per heavy atom. The van der Waals surface area contributed by atoms with Gasteiger partial charge in [0.1, 0.15) is 12.2 Å². The van der Waals surface area contributed by atoms with Gasteiger partial charge in [-0.05, 0) is 6.42 Å². The highest BCUT2D eigenvalue weighted by Gasteiger charge is 2.37. The predicted molar refractivity (Wildman–Crippen MR) is 158 cm³/mol. The van der Waals surface area contributed by atoms with Crippen LogP contribution in [0.1, 0.15) is 6.42 Å². The number of aliphatic hydroxyl groups excluding tert-OH is 4. The van der Waals surface area contributed by atoms with Crippen molar-refractivity contribution in [1.29, 1.82) is 0 Å². The molecule has 0 bridgehead atoms. The molecule has 0 aromatic carbocycles. The third-order valence-electron chi connectivity index (χ3n) is 5.06. The lowest BCUT2D eigenvalue weighted by Crippen LogP contribution is -2.50. The fraction of sp³-hybridized carbons (Fsp3) is 1.00. The van der Waals surface area contributed by atoms with Gasteiger partial charge >= 0.3 is 7.67 Å². The summed E-state index contributed by atoms with van der Waals surface area (Å²) >= 11 is 23.5. The maximum atomic E-state index is 12.8. The summed E-state index contributed by atoms with van der Waals surface area (Å²) in [6.45, 7) is 2.21. The Hall–Kier alpha value is 1.29. The average molecular weight is 706 g/mol. The standard InChI is InChI=1S/C10H22Cl2N2O4.C9H19Cl2N2O5PS2/c11-1-3-13-5-7(15)9(17)10(18)8(16)6-14-4-2-12;10-2-4-13(5-3-11)19(14)12-9(1-6-18-19)20-7-8-21(15,16)17/h7-10,13-18H,1-6H2;9H,1-8H2,(H,12,14)(H,15,16,17)/t7-,8-,9-,10-;9-,19-/m11/s1. The van der Waals surface area contributed by atoms with Crippen LogP contribution in [0.15, 0.2) is 0 Å². The van der Waals surface area contributed by atoms with Crippen molar-refractivity contribution in [2.45, 2.75) is 36.2 Å². The van der Waals surface area contributed by atoms with Crippen molar-refractivity contribution in [1.82, 2.24) is 20.4 Å². The second-order valence-corrected chi connectivity index (χ2v) is 14.7. The van der Waals surface area contributed by atoms with Gasteiger partial charge in [0.2, 0.25) is 0 Å². The van der Waals surface area contributed by atoms with Crippen LogP contribution >= 0.6 is 65.8 Å². The maximum Gasteiger partial charge on any atom is 0.344 e. The number of thioether (sulfide) groups is 1. The summed E-state index contributed by atoms with van der Waals surface area (Å²) in [5, 5.41) is 46.7. The molecule has 1 aliphatic heterocycles. The molecule has 0 aromatic heterocycles. The second kappa shape index (κ2) is 22.8. The molecule has 1 rings (SSSR count). The van der Waals surface area contributed by atoms with Crippen LogP contribution in [0.25, 0.3) is 0 Å². The Balaban J connectivity index is 0.000000751. The summed E-state index contributed by atoms with van der Waals surface area (Å²) in [4.78, 5) is 0. The largest absolute Gasteiger partial charge is 0.389 e. The van der Waals surface area contributed by atoms with Gasteiger partial charge in [-0.2, -0.15) is 8.42 Å². The van der Waals surface area contributed by atoms with E-state index in [1.807, 2.05) is 0 Å². The van der Waals surface area contributed by atoms with Crippen LogP contribution < -0.4 is 15.7 Å². The number of hydrogen-bond donors (Lipinski definition) is 8. The smallest absolute Gasteiger partial charge is 0.344 e. The van der Waals surface area contributed by atoms with E-state index in [1.54, 1.807) is 4.67 Å². The lowest BCUT2D eigenvalue weighted by molar-refractivity contribution is -0.102. The van der Waals surface area contributed by atoms with E-state index in [0.29, 0.717) is 62.7 Å². The molecule has 6 atom stereocenters. The molecule has 0 saturated carbocycles. The predicted octanol–water partition coefficient (Wildman–Crippen LogP) is -0.0821. The van der Waals surface area contributed by atoms with Gasteiger partial charge < -0.3 is 35.6 Å². The van der Waals surface area contributed by atoms with Crippen LogP contribution in [0.3, 0.4) is 0 Å². The summed E-state index contributed by atoms with van der Waals surface area (Å²) in [6, 6.07) is 0. The number of halogens is 4. The molecule has 20 heteroatoms. The van der Waals surface area contributed by atoms with Crippen LogP contribution in [0.5, 0.6) is 0 Å². The number of aliphatic hydroxyl groups is 4. The summed E-state index contributed by atoms with van der Waals surface area (Å²) in [5.41, 5.74) is 0. The quantitative estimate of drug-likeness (QED) is 0.0362. The molecule has 0 unspecified atom stereocenters. The third kappa shape index (κ3) is 18.5. The monoisotopic (exact) mass is 704 g/mol. The normalized spacial score (nSPS) is 23.1. The summed E-state index contributed by atoms with van der Waals surface area (Å²) in [5.74, 6) is 1.24. The Labute approximate surface area is 254 Å². The fourth-order valence-corrected chi connectivity index (χ4v) is 8.40. The van der Waals surface area contributed by atoms with Crippen molar-refractivity contribution in [2.75, 3.05) is 80.9 Å². The first-order valence-corrected chi connectivity index (χ1v) is 18.4. The molecule has 1 fully saturated rings. The molecule has 236 valence electrons. The molecule has 8 N–H and O–H groups in total.